The van der Waals surface area contributed by atoms with Crippen LogP contribution in [0.15, 0.2) is 12.7 Å². The summed E-state index contributed by atoms with van der Waals surface area (Å²) in [6, 6.07) is 0. The molecule has 0 N–H and O–H groups in total. The number of hydrogen-bond donors (Lipinski definition) is 0. The van der Waals surface area contributed by atoms with E-state index in [1.54, 1.807) is 35.0 Å². The Morgan fingerprint density at radius 1 is 0.941 bits per heavy atom. The van der Waals surface area contributed by atoms with E-state index in [2.05, 4.69) is 49.9 Å². The van der Waals surface area contributed by atoms with E-state index in [-0.39, 0.29) is 51.4 Å². The van der Waals surface area contributed by atoms with E-state index in [1.807, 2.05) is 0 Å². The summed E-state index contributed by atoms with van der Waals surface area (Å²) in [4.78, 5) is 0. The molecular weight excluding hydrogens is 479 g/mol. The van der Waals surface area contributed by atoms with Crippen molar-refractivity contribution in [2.75, 3.05) is 48.3 Å². The fourth-order valence-electron chi connectivity index (χ4n) is 1.63. The second kappa shape index (κ2) is 28.0. The first-order valence-electron chi connectivity index (χ1n) is 11.0. The zero-order valence-electron chi connectivity index (χ0n) is 23.5. The zero-order chi connectivity index (χ0) is 26.2. The van der Waals surface area contributed by atoms with E-state index < -0.39 is 26.5 Å². The van der Waals surface area contributed by atoms with Gasteiger partial charge in [0.1, 0.15) is 0 Å². The van der Waals surface area contributed by atoms with Crippen LogP contribution in [0.2, 0.25) is 19.6 Å². The number of methoxy groups -OCH3 is 4. The van der Waals surface area contributed by atoms with Gasteiger partial charge in [0.15, 0.2) is 8.32 Å². The van der Waals surface area contributed by atoms with Gasteiger partial charge in [0, 0.05) is 54.7 Å². The number of allylic oxidation sites excluding steroid dienone is 1. The van der Waals surface area contributed by atoms with Crippen molar-refractivity contribution >= 4 is 8.32 Å². The molecule has 1 rings (SSSR count). The second-order valence-corrected chi connectivity index (χ2v) is 13.1. The summed E-state index contributed by atoms with van der Waals surface area (Å²) in [6.07, 6.45) is 3.93. The largest absolute Gasteiger partial charge is 1.00 e. The van der Waals surface area contributed by atoms with Crippen LogP contribution in [0.1, 0.15) is 40.0 Å². The summed E-state index contributed by atoms with van der Waals surface area (Å²) in [5.41, 5.74) is -0.750. The van der Waals surface area contributed by atoms with Gasteiger partial charge in [-0.25, -0.2) is 0 Å². The summed E-state index contributed by atoms with van der Waals surface area (Å²) in [7, 11) is 4.83. The van der Waals surface area contributed by atoms with Crippen LogP contribution >= 0.6 is 0 Å². The monoisotopic (exact) mass is 526 g/mol. The van der Waals surface area contributed by atoms with Crippen LogP contribution in [-0.4, -0.2) is 74.8 Å². The Bertz CT molecular complexity index is 541. The van der Waals surface area contributed by atoms with Crippen molar-refractivity contribution in [1.29, 1.82) is 0 Å². The van der Waals surface area contributed by atoms with Crippen molar-refractivity contribution in [1.82, 2.24) is 0 Å². The van der Waals surface area contributed by atoms with E-state index in [4.69, 9.17) is 28.1 Å². The predicted octanol–water partition coefficient (Wildman–Crippen LogP) is 0.591. The van der Waals surface area contributed by atoms with E-state index in [0.29, 0.717) is 6.61 Å². The third-order valence-corrected chi connectivity index (χ3v) is 4.04. The van der Waals surface area contributed by atoms with E-state index >= 15 is 0 Å². The molecule has 0 aromatic rings. The summed E-state index contributed by atoms with van der Waals surface area (Å²) in [5.74, 6) is 11.1. The average Bonchev–Trinajstić information content (AvgIpc) is 3.30. The van der Waals surface area contributed by atoms with Crippen molar-refractivity contribution in [3.05, 3.63) is 12.7 Å². The summed E-state index contributed by atoms with van der Waals surface area (Å²) in [6.45, 7) is 17.5. The number of ether oxygens (including phenoxy) is 5. The molecule has 1 heterocycles. The molecule has 0 radical (unpaired) electrons. The molecule has 0 amide bonds. The van der Waals surface area contributed by atoms with Crippen molar-refractivity contribution in [3.63, 3.8) is 0 Å². The van der Waals surface area contributed by atoms with Gasteiger partial charge in [0.05, 0.1) is 0 Å². The minimum atomic E-state index is -1.38. The van der Waals surface area contributed by atoms with Gasteiger partial charge in [-0.05, 0) is 50.4 Å². The van der Waals surface area contributed by atoms with Crippen LogP contribution in [0.5, 0.6) is 0 Å². The molecule has 0 aromatic carbocycles. The smallest absolute Gasteiger partial charge is 0.850 e. The quantitative estimate of drug-likeness (QED) is 0.208. The van der Waals surface area contributed by atoms with Gasteiger partial charge < -0.3 is 33.2 Å². The summed E-state index contributed by atoms with van der Waals surface area (Å²) < 4.78 is 29.9. The van der Waals surface area contributed by atoms with Crippen LogP contribution in [0.3, 0.4) is 0 Å². The van der Waals surface area contributed by atoms with Gasteiger partial charge in [-0.2, -0.15) is 0 Å². The zero-order valence-corrected chi connectivity index (χ0v) is 27.7. The molecule has 1 aliphatic heterocycles. The third kappa shape index (κ3) is 45.9. The SMILES string of the molecule is C1CCOC1.C=CC#CC(OC)OC.CC(C)(C)[O-].COC(C#CCCO[Si](C)(C)C)OC.[K+]. The second-order valence-electron chi connectivity index (χ2n) is 8.56. The molecule has 0 bridgehead atoms. The molecule has 1 aliphatic rings. The molecule has 0 unspecified atom stereocenters. The van der Waals surface area contributed by atoms with Crippen LogP contribution in [-0.2, 0) is 28.1 Å². The molecule has 0 aliphatic carbocycles. The summed E-state index contributed by atoms with van der Waals surface area (Å²) in [5, 5.41) is 10.1. The number of rotatable bonds is 7. The standard InChI is InChI=1S/C10H20O3Si.C7H10O2.C4H8O.C4H9O.K/c1-11-10(12-2)8-6-7-9-13-14(3,4)5;1-4-5-6-7(8-2)9-3;1-2-4-5-3-1;1-4(2,3)5;/h10H,7,9H2,1-5H3;4,7H,1H2,2-3H3;1-4H2;1-3H3;/q;;;-1;+1. The molecule has 1 fully saturated rings. The first-order valence-corrected chi connectivity index (χ1v) is 14.4. The molecule has 194 valence electrons. The molecule has 0 aromatic heterocycles. The third-order valence-electron chi connectivity index (χ3n) is 2.97. The normalized spacial score (nSPS) is 12.1. The first kappa shape index (κ1) is 41.6. The topological polar surface area (TPSA) is 78.4 Å². The number of hydrogen-bond acceptors (Lipinski definition) is 7. The molecule has 1 saturated heterocycles. The Kier molecular flexibility index (Phi) is 34.2. The van der Waals surface area contributed by atoms with Gasteiger partial charge >= 0.3 is 51.4 Å². The fourth-order valence-corrected chi connectivity index (χ4v) is 2.34. The Hall–Kier alpha value is 0.433. The van der Waals surface area contributed by atoms with Crippen molar-refractivity contribution < 1.29 is 84.6 Å². The molecule has 0 spiro atoms. The van der Waals surface area contributed by atoms with Gasteiger partial charge in [-0.1, -0.05) is 39.2 Å². The van der Waals surface area contributed by atoms with Crippen molar-refractivity contribution in [3.8, 4) is 23.7 Å². The van der Waals surface area contributed by atoms with E-state index in [0.717, 1.165) is 19.6 Å². The molecule has 0 saturated carbocycles. The minimum absolute atomic E-state index is 0. The molecule has 7 nitrogen and oxygen atoms in total. The Balaban J connectivity index is -0.000000192. The van der Waals surface area contributed by atoms with Crippen molar-refractivity contribution in [2.45, 2.75) is 77.9 Å². The van der Waals surface area contributed by atoms with E-state index in [9.17, 15) is 5.11 Å². The molecule has 0 atom stereocenters. The maximum absolute atomic E-state index is 10.1. The van der Waals surface area contributed by atoms with Crippen LogP contribution in [0.4, 0.5) is 0 Å². The molecular formula is C25H47KO7Si. The average molecular weight is 527 g/mol. The van der Waals surface area contributed by atoms with Crippen LogP contribution in [0, 0.1) is 23.7 Å². The van der Waals surface area contributed by atoms with Crippen LogP contribution in [0.25, 0.3) is 0 Å². The first-order chi connectivity index (χ1) is 15.3. The molecule has 34 heavy (non-hydrogen) atoms. The van der Waals surface area contributed by atoms with E-state index in [1.165, 1.54) is 33.1 Å². The van der Waals surface area contributed by atoms with Gasteiger partial charge in [0.2, 0.25) is 12.6 Å². The minimum Gasteiger partial charge on any atom is -0.850 e. The van der Waals surface area contributed by atoms with Crippen molar-refractivity contribution in [2.24, 2.45) is 0 Å². The van der Waals surface area contributed by atoms with Gasteiger partial charge in [0.25, 0.3) is 0 Å². The van der Waals surface area contributed by atoms with Gasteiger partial charge in [-0.15, -0.1) is 5.60 Å². The Morgan fingerprint density at radius 3 is 1.65 bits per heavy atom. The maximum Gasteiger partial charge on any atom is 1.00 e. The van der Waals surface area contributed by atoms with Crippen LogP contribution < -0.4 is 56.5 Å². The summed E-state index contributed by atoms with van der Waals surface area (Å²) >= 11 is 0. The maximum atomic E-state index is 10.1. The Morgan fingerprint density at radius 2 is 1.35 bits per heavy atom. The fraction of sp³-hybridized carbons (Fsp3) is 0.760. The predicted molar refractivity (Wildman–Crippen MR) is 135 cm³/mol. The Labute approximate surface area is 253 Å². The van der Waals surface area contributed by atoms with Gasteiger partial charge in [-0.3, -0.25) is 0 Å². The molecule has 9 heteroatoms.